The highest BCUT2D eigenvalue weighted by atomic mass is 32.2. The third kappa shape index (κ3) is 3.69. The van der Waals surface area contributed by atoms with E-state index in [0.717, 1.165) is 9.87 Å². The number of pyridine rings is 1. The van der Waals surface area contributed by atoms with Crippen LogP contribution in [0.1, 0.15) is 15.9 Å². The van der Waals surface area contributed by atoms with Gasteiger partial charge in [-0.1, -0.05) is 30.3 Å². The largest absolute Gasteiger partial charge is 0.348 e. The quantitative estimate of drug-likeness (QED) is 0.708. The molecule has 0 saturated carbocycles. The van der Waals surface area contributed by atoms with Gasteiger partial charge in [-0.05, 0) is 23.8 Å². The van der Waals surface area contributed by atoms with Crippen molar-refractivity contribution >= 4 is 26.8 Å². The van der Waals surface area contributed by atoms with E-state index in [1.807, 2.05) is 12.1 Å². The highest BCUT2D eigenvalue weighted by molar-refractivity contribution is 7.89. The summed E-state index contributed by atoms with van der Waals surface area (Å²) in [5.41, 5.74) is 1.48. The molecule has 8 heteroatoms. The molecule has 0 spiro atoms. The van der Waals surface area contributed by atoms with Crippen molar-refractivity contribution in [1.82, 2.24) is 14.2 Å². The standard InChI is InChI=1S/C20H21N3O4S/c1-22(2)28(26,27)15-10-8-14(9-11-15)13-21-20(25)17-12-19(24)23(3)18-7-5-4-6-16(17)18/h4-12H,13H2,1-3H3,(H,21,25). The Balaban J connectivity index is 1.81. The number of aromatic nitrogens is 1. The monoisotopic (exact) mass is 399 g/mol. The van der Waals surface area contributed by atoms with Crippen LogP contribution in [0.2, 0.25) is 0 Å². The molecule has 0 aliphatic carbocycles. The third-order valence-electron chi connectivity index (χ3n) is 4.55. The fourth-order valence-corrected chi connectivity index (χ4v) is 3.77. The highest BCUT2D eigenvalue weighted by Gasteiger charge is 2.17. The molecule has 3 aromatic rings. The maximum absolute atomic E-state index is 12.6. The maximum Gasteiger partial charge on any atom is 0.252 e. The maximum atomic E-state index is 12.6. The lowest BCUT2D eigenvalue weighted by molar-refractivity contribution is 0.0952. The number of sulfonamides is 1. The number of para-hydroxylation sites is 1. The van der Waals surface area contributed by atoms with E-state index in [2.05, 4.69) is 5.32 Å². The second kappa shape index (κ2) is 7.57. The number of fused-ring (bicyclic) bond motifs is 1. The van der Waals surface area contributed by atoms with E-state index in [-0.39, 0.29) is 22.9 Å². The van der Waals surface area contributed by atoms with E-state index >= 15 is 0 Å². The van der Waals surface area contributed by atoms with Crippen molar-refractivity contribution in [2.45, 2.75) is 11.4 Å². The molecule has 28 heavy (non-hydrogen) atoms. The van der Waals surface area contributed by atoms with Crippen LogP contribution in [0.3, 0.4) is 0 Å². The number of benzene rings is 2. The van der Waals surface area contributed by atoms with E-state index in [9.17, 15) is 18.0 Å². The SMILES string of the molecule is CN(C)S(=O)(=O)c1ccc(CNC(=O)c2cc(=O)n(C)c3ccccc23)cc1. The molecule has 0 bridgehead atoms. The van der Waals surface area contributed by atoms with Crippen molar-refractivity contribution < 1.29 is 13.2 Å². The molecule has 1 amide bonds. The lowest BCUT2D eigenvalue weighted by Crippen LogP contribution is -2.26. The van der Waals surface area contributed by atoms with Crippen molar-refractivity contribution in [1.29, 1.82) is 0 Å². The van der Waals surface area contributed by atoms with E-state index in [1.54, 1.807) is 31.3 Å². The fourth-order valence-electron chi connectivity index (χ4n) is 2.87. The lowest BCUT2D eigenvalue weighted by Gasteiger charge is -2.12. The Morgan fingerprint density at radius 3 is 2.36 bits per heavy atom. The second-order valence-electron chi connectivity index (χ2n) is 6.59. The lowest BCUT2D eigenvalue weighted by atomic mass is 10.1. The fraction of sp³-hybridized carbons (Fsp3) is 0.200. The number of hydrogen-bond acceptors (Lipinski definition) is 4. The number of nitrogens with one attached hydrogen (secondary N) is 1. The molecule has 2 aromatic carbocycles. The summed E-state index contributed by atoms with van der Waals surface area (Å²) in [5, 5.41) is 3.48. The van der Waals surface area contributed by atoms with E-state index in [0.29, 0.717) is 16.5 Å². The van der Waals surface area contributed by atoms with Crippen molar-refractivity contribution in [3.8, 4) is 0 Å². The normalized spacial score (nSPS) is 11.7. The molecule has 0 unspecified atom stereocenters. The number of nitrogens with zero attached hydrogens (tertiary/aromatic N) is 2. The summed E-state index contributed by atoms with van der Waals surface area (Å²) in [5.74, 6) is -0.362. The molecular weight excluding hydrogens is 378 g/mol. The molecule has 0 aliphatic heterocycles. The molecule has 0 aliphatic rings. The zero-order valence-corrected chi connectivity index (χ0v) is 16.7. The molecular formula is C20H21N3O4S. The van der Waals surface area contributed by atoms with Gasteiger partial charge in [-0.25, -0.2) is 12.7 Å². The van der Waals surface area contributed by atoms with Crippen LogP contribution in [0.4, 0.5) is 0 Å². The number of carbonyl (C=O) groups excluding carboxylic acids is 1. The first-order chi connectivity index (χ1) is 13.2. The molecule has 1 N–H and O–H groups in total. The molecule has 1 heterocycles. The van der Waals surface area contributed by atoms with Crippen LogP contribution in [-0.2, 0) is 23.6 Å². The van der Waals surface area contributed by atoms with Crippen molar-refractivity contribution in [2.75, 3.05) is 14.1 Å². The number of rotatable bonds is 5. The van der Waals surface area contributed by atoms with Gasteiger partial charge in [0.2, 0.25) is 10.0 Å². The zero-order chi connectivity index (χ0) is 20.5. The second-order valence-corrected chi connectivity index (χ2v) is 8.74. The van der Waals surface area contributed by atoms with Crippen LogP contribution in [0, 0.1) is 0 Å². The van der Waals surface area contributed by atoms with Crippen LogP contribution in [0.15, 0.2) is 64.3 Å². The third-order valence-corrected chi connectivity index (χ3v) is 6.38. The zero-order valence-electron chi connectivity index (χ0n) is 15.8. The summed E-state index contributed by atoms with van der Waals surface area (Å²) in [6, 6.07) is 14.8. The predicted octanol–water partition coefficient (Wildman–Crippen LogP) is 1.72. The average Bonchev–Trinajstić information content (AvgIpc) is 2.69. The Kier molecular flexibility index (Phi) is 5.35. The topological polar surface area (TPSA) is 88.5 Å². The van der Waals surface area contributed by atoms with Crippen molar-refractivity contribution in [3.63, 3.8) is 0 Å². The summed E-state index contributed by atoms with van der Waals surface area (Å²) in [7, 11) is 1.11. The minimum Gasteiger partial charge on any atom is -0.348 e. The van der Waals surface area contributed by atoms with Crippen molar-refractivity contribution in [2.24, 2.45) is 7.05 Å². The first-order valence-electron chi connectivity index (χ1n) is 8.60. The molecule has 0 radical (unpaired) electrons. The number of hydrogen-bond donors (Lipinski definition) is 1. The summed E-state index contributed by atoms with van der Waals surface area (Å²) >= 11 is 0. The number of aryl methyl sites for hydroxylation is 1. The Bertz CT molecular complexity index is 1200. The summed E-state index contributed by atoms with van der Waals surface area (Å²) in [6.07, 6.45) is 0. The molecule has 1 aromatic heterocycles. The number of carbonyl (C=O) groups is 1. The molecule has 146 valence electrons. The summed E-state index contributed by atoms with van der Waals surface area (Å²) in [4.78, 5) is 25.0. The number of amides is 1. The molecule has 3 rings (SSSR count). The van der Waals surface area contributed by atoms with E-state index in [4.69, 9.17) is 0 Å². The summed E-state index contributed by atoms with van der Waals surface area (Å²) < 4.78 is 26.8. The average molecular weight is 399 g/mol. The molecule has 7 nitrogen and oxygen atoms in total. The van der Waals surface area contributed by atoms with Gasteiger partial charge in [0.15, 0.2) is 0 Å². The van der Waals surface area contributed by atoms with E-state index < -0.39 is 10.0 Å². The van der Waals surface area contributed by atoms with Gasteiger partial charge in [-0.3, -0.25) is 9.59 Å². The summed E-state index contributed by atoms with van der Waals surface area (Å²) in [6.45, 7) is 0.213. The van der Waals surface area contributed by atoms with Gasteiger partial charge in [0.1, 0.15) is 0 Å². The Morgan fingerprint density at radius 1 is 1.07 bits per heavy atom. The smallest absolute Gasteiger partial charge is 0.252 e. The first kappa shape index (κ1) is 19.8. The van der Waals surface area contributed by atoms with E-state index in [1.165, 1.54) is 36.9 Å². The first-order valence-corrected chi connectivity index (χ1v) is 10.0. The molecule has 0 atom stereocenters. The Hall–Kier alpha value is -2.97. The van der Waals surface area contributed by atoms with Crippen LogP contribution in [-0.4, -0.2) is 37.3 Å². The van der Waals surface area contributed by atoms with Crippen LogP contribution in [0.5, 0.6) is 0 Å². The van der Waals surface area contributed by atoms with Gasteiger partial charge >= 0.3 is 0 Å². The highest BCUT2D eigenvalue weighted by Crippen LogP contribution is 2.17. The Labute approximate surface area is 163 Å². The molecule has 0 saturated heterocycles. The molecule has 0 fully saturated rings. The van der Waals surface area contributed by atoms with Crippen LogP contribution >= 0.6 is 0 Å². The van der Waals surface area contributed by atoms with Gasteiger partial charge in [0, 0.05) is 39.1 Å². The van der Waals surface area contributed by atoms with Gasteiger partial charge in [-0.15, -0.1) is 0 Å². The van der Waals surface area contributed by atoms with Crippen LogP contribution in [0.25, 0.3) is 10.9 Å². The van der Waals surface area contributed by atoms with Crippen LogP contribution < -0.4 is 10.9 Å². The van der Waals surface area contributed by atoms with Gasteiger partial charge in [-0.2, -0.15) is 0 Å². The van der Waals surface area contributed by atoms with Gasteiger partial charge in [0.25, 0.3) is 11.5 Å². The van der Waals surface area contributed by atoms with Gasteiger partial charge in [0.05, 0.1) is 16.0 Å². The Morgan fingerprint density at radius 2 is 1.71 bits per heavy atom. The minimum atomic E-state index is -3.49. The van der Waals surface area contributed by atoms with Crippen molar-refractivity contribution in [3.05, 3.63) is 76.1 Å². The van der Waals surface area contributed by atoms with Gasteiger partial charge < -0.3 is 9.88 Å². The minimum absolute atomic E-state index is 0.185. The predicted molar refractivity (Wildman–Crippen MR) is 108 cm³/mol.